The minimum absolute atomic E-state index is 0.0241. The van der Waals surface area contributed by atoms with E-state index in [2.05, 4.69) is 15.1 Å². The molecule has 2 aromatic rings. The third-order valence-electron chi connectivity index (χ3n) is 3.89. The molecule has 1 saturated heterocycles. The molecule has 3 rings (SSSR count). The van der Waals surface area contributed by atoms with E-state index in [9.17, 15) is 4.79 Å². The maximum atomic E-state index is 12.6. The molecule has 0 bridgehead atoms. The second-order valence-corrected chi connectivity index (χ2v) is 5.73. The normalized spacial score (nSPS) is 18.2. The minimum atomic E-state index is -0.0370. The zero-order valence-electron chi connectivity index (χ0n) is 13.4. The van der Waals surface area contributed by atoms with Gasteiger partial charge in [0.1, 0.15) is 12.3 Å². The van der Waals surface area contributed by atoms with Gasteiger partial charge in [-0.05, 0) is 38.3 Å². The first kappa shape index (κ1) is 15.6. The molecule has 1 unspecified atom stereocenters. The SMILES string of the molecule is Cc1noc(COC2CCCN(C(=O)c3ncccc3C)C2)n1. The van der Waals surface area contributed by atoms with Crippen molar-refractivity contribution in [1.29, 1.82) is 0 Å². The van der Waals surface area contributed by atoms with Crippen molar-refractivity contribution in [3.63, 3.8) is 0 Å². The van der Waals surface area contributed by atoms with Gasteiger partial charge in [-0.15, -0.1) is 0 Å². The first-order chi connectivity index (χ1) is 11.1. The van der Waals surface area contributed by atoms with Gasteiger partial charge < -0.3 is 14.2 Å². The zero-order valence-corrected chi connectivity index (χ0v) is 13.4. The molecule has 7 heteroatoms. The Morgan fingerprint density at radius 2 is 2.35 bits per heavy atom. The molecule has 7 nitrogen and oxygen atoms in total. The van der Waals surface area contributed by atoms with Gasteiger partial charge in [0.2, 0.25) is 0 Å². The van der Waals surface area contributed by atoms with Crippen molar-refractivity contribution in [2.45, 2.75) is 39.4 Å². The van der Waals surface area contributed by atoms with Crippen molar-refractivity contribution < 1.29 is 14.1 Å². The van der Waals surface area contributed by atoms with E-state index < -0.39 is 0 Å². The fraction of sp³-hybridized carbons (Fsp3) is 0.500. The molecule has 1 aliphatic heterocycles. The van der Waals surface area contributed by atoms with Gasteiger partial charge in [0, 0.05) is 19.3 Å². The summed E-state index contributed by atoms with van der Waals surface area (Å²) < 4.78 is 10.9. The number of nitrogens with zero attached hydrogens (tertiary/aromatic N) is 4. The van der Waals surface area contributed by atoms with E-state index in [4.69, 9.17) is 9.26 Å². The fourth-order valence-corrected chi connectivity index (χ4v) is 2.71. The molecule has 122 valence electrons. The molecule has 1 atom stereocenters. The standard InChI is InChI=1S/C16H20N4O3/c1-11-5-3-7-17-15(11)16(21)20-8-4-6-13(9-20)22-10-14-18-12(2)19-23-14/h3,5,7,13H,4,6,8-10H2,1-2H3. The molecule has 1 aliphatic rings. The average Bonchev–Trinajstić information content (AvgIpc) is 2.98. The van der Waals surface area contributed by atoms with Gasteiger partial charge in [-0.25, -0.2) is 0 Å². The molecule has 3 heterocycles. The minimum Gasteiger partial charge on any atom is -0.367 e. The van der Waals surface area contributed by atoms with Crippen LogP contribution in [0.2, 0.25) is 0 Å². The number of piperidine rings is 1. The predicted molar refractivity (Wildman–Crippen MR) is 81.7 cm³/mol. The summed E-state index contributed by atoms with van der Waals surface area (Å²) in [7, 11) is 0. The smallest absolute Gasteiger partial charge is 0.272 e. The number of pyridine rings is 1. The molecule has 0 aliphatic carbocycles. The Balaban J connectivity index is 1.59. The van der Waals surface area contributed by atoms with E-state index in [1.165, 1.54) is 0 Å². The predicted octanol–water partition coefficient (Wildman–Crippen LogP) is 1.90. The van der Waals surface area contributed by atoms with Crippen molar-refractivity contribution >= 4 is 5.91 Å². The summed E-state index contributed by atoms with van der Waals surface area (Å²) in [5.74, 6) is 1.02. The topological polar surface area (TPSA) is 81.4 Å². The summed E-state index contributed by atoms with van der Waals surface area (Å²) in [6, 6.07) is 3.73. The van der Waals surface area contributed by atoms with Gasteiger partial charge in [0.15, 0.2) is 5.82 Å². The molecule has 23 heavy (non-hydrogen) atoms. The van der Waals surface area contributed by atoms with Crippen molar-refractivity contribution in [3.8, 4) is 0 Å². The molecular formula is C16H20N4O3. The summed E-state index contributed by atoms with van der Waals surface area (Å²) in [6.45, 7) is 5.23. The van der Waals surface area contributed by atoms with Crippen LogP contribution in [0.3, 0.4) is 0 Å². The average molecular weight is 316 g/mol. The highest BCUT2D eigenvalue weighted by molar-refractivity contribution is 5.93. The third kappa shape index (κ3) is 3.73. The van der Waals surface area contributed by atoms with Crippen LogP contribution in [0.1, 0.15) is 40.6 Å². The number of hydrogen-bond donors (Lipinski definition) is 0. The largest absolute Gasteiger partial charge is 0.367 e. The number of hydrogen-bond acceptors (Lipinski definition) is 6. The van der Waals surface area contributed by atoms with E-state index in [1.54, 1.807) is 13.1 Å². The van der Waals surface area contributed by atoms with Gasteiger partial charge in [-0.3, -0.25) is 9.78 Å². The van der Waals surface area contributed by atoms with Gasteiger partial charge in [0.05, 0.1) is 6.10 Å². The van der Waals surface area contributed by atoms with Crippen LogP contribution in [-0.4, -0.2) is 45.1 Å². The Bertz CT molecular complexity index is 685. The van der Waals surface area contributed by atoms with Gasteiger partial charge in [0.25, 0.3) is 11.8 Å². The van der Waals surface area contributed by atoms with Crippen molar-refractivity contribution in [2.24, 2.45) is 0 Å². The number of ether oxygens (including phenoxy) is 1. The third-order valence-corrected chi connectivity index (χ3v) is 3.89. The molecular weight excluding hydrogens is 296 g/mol. The van der Waals surface area contributed by atoms with E-state index in [1.807, 2.05) is 24.0 Å². The summed E-state index contributed by atoms with van der Waals surface area (Å²) in [5, 5.41) is 3.73. The van der Waals surface area contributed by atoms with Crippen LogP contribution >= 0.6 is 0 Å². The molecule has 0 radical (unpaired) electrons. The summed E-state index contributed by atoms with van der Waals surface area (Å²) in [4.78, 5) is 22.7. The highest BCUT2D eigenvalue weighted by Crippen LogP contribution is 2.17. The molecule has 1 fully saturated rings. The van der Waals surface area contributed by atoms with Crippen LogP contribution in [-0.2, 0) is 11.3 Å². The Hall–Kier alpha value is -2.28. The number of amides is 1. The van der Waals surface area contributed by atoms with Crippen LogP contribution in [0.25, 0.3) is 0 Å². The first-order valence-electron chi connectivity index (χ1n) is 7.75. The molecule has 0 aromatic carbocycles. The van der Waals surface area contributed by atoms with E-state index >= 15 is 0 Å². The lowest BCUT2D eigenvalue weighted by atomic mass is 10.1. The van der Waals surface area contributed by atoms with Crippen molar-refractivity contribution in [2.75, 3.05) is 13.1 Å². The highest BCUT2D eigenvalue weighted by atomic mass is 16.5. The summed E-state index contributed by atoms with van der Waals surface area (Å²) in [6.07, 6.45) is 3.45. The van der Waals surface area contributed by atoms with Crippen LogP contribution in [0.15, 0.2) is 22.9 Å². The zero-order chi connectivity index (χ0) is 16.2. The Morgan fingerprint density at radius 1 is 1.48 bits per heavy atom. The second-order valence-electron chi connectivity index (χ2n) is 5.73. The molecule has 1 amide bonds. The van der Waals surface area contributed by atoms with Gasteiger partial charge >= 0.3 is 0 Å². The maximum Gasteiger partial charge on any atom is 0.272 e. The molecule has 0 N–H and O–H groups in total. The number of carbonyl (C=O) groups is 1. The maximum absolute atomic E-state index is 12.6. The van der Waals surface area contributed by atoms with Gasteiger partial charge in [-0.1, -0.05) is 11.2 Å². The number of aryl methyl sites for hydroxylation is 2. The van der Waals surface area contributed by atoms with Crippen LogP contribution in [0.4, 0.5) is 0 Å². The first-order valence-corrected chi connectivity index (χ1v) is 7.75. The second kappa shape index (κ2) is 6.87. The van der Waals surface area contributed by atoms with Crippen molar-refractivity contribution in [1.82, 2.24) is 20.0 Å². The van der Waals surface area contributed by atoms with Crippen LogP contribution < -0.4 is 0 Å². The highest BCUT2D eigenvalue weighted by Gasteiger charge is 2.26. The summed E-state index contributed by atoms with van der Waals surface area (Å²) in [5.41, 5.74) is 1.41. The van der Waals surface area contributed by atoms with E-state index in [0.29, 0.717) is 24.0 Å². The lowest BCUT2D eigenvalue weighted by molar-refractivity contribution is -0.0155. The van der Waals surface area contributed by atoms with E-state index in [-0.39, 0.29) is 18.6 Å². The lowest BCUT2D eigenvalue weighted by Gasteiger charge is -2.32. The monoisotopic (exact) mass is 316 g/mol. The Morgan fingerprint density at radius 3 is 3.09 bits per heavy atom. The number of aromatic nitrogens is 3. The quantitative estimate of drug-likeness (QED) is 0.857. The van der Waals surface area contributed by atoms with Crippen molar-refractivity contribution in [3.05, 3.63) is 41.3 Å². The molecule has 2 aromatic heterocycles. The fourth-order valence-electron chi connectivity index (χ4n) is 2.71. The molecule has 0 saturated carbocycles. The molecule has 0 spiro atoms. The van der Waals surface area contributed by atoms with E-state index in [0.717, 1.165) is 24.9 Å². The van der Waals surface area contributed by atoms with Crippen LogP contribution in [0.5, 0.6) is 0 Å². The van der Waals surface area contributed by atoms with Crippen LogP contribution in [0, 0.1) is 13.8 Å². The van der Waals surface area contributed by atoms with Gasteiger partial charge in [-0.2, -0.15) is 4.98 Å². The Labute approximate surface area is 134 Å². The summed E-state index contributed by atoms with van der Waals surface area (Å²) >= 11 is 0. The lowest BCUT2D eigenvalue weighted by Crippen LogP contribution is -2.43. The number of rotatable bonds is 4. The number of likely N-dealkylation sites (tertiary alicyclic amines) is 1. The number of carbonyl (C=O) groups excluding carboxylic acids is 1. The Kier molecular flexibility index (Phi) is 4.66.